The third kappa shape index (κ3) is 6.91. The van der Waals surface area contributed by atoms with Crippen LogP contribution in [0.4, 0.5) is 15.9 Å². The van der Waals surface area contributed by atoms with Gasteiger partial charge in [0.05, 0.1) is 11.3 Å². The van der Waals surface area contributed by atoms with E-state index in [1.165, 1.54) is 24.3 Å². The average molecular weight is 472 g/mol. The Hall–Kier alpha value is -3.66. The number of carbonyl (C=O) groups excluding carboxylic acids is 3. The van der Waals surface area contributed by atoms with Crippen molar-refractivity contribution in [2.45, 2.75) is 31.3 Å². The zero-order valence-electron chi connectivity index (χ0n) is 18.0. The fourth-order valence-electron chi connectivity index (χ4n) is 2.78. The van der Waals surface area contributed by atoms with Gasteiger partial charge >= 0.3 is 5.97 Å². The van der Waals surface area contributed by atoms with E-state index in [1.807, 2.05) is 0 Å². The highest BCUT2D eigenvalue weighted by atomic mass is 32.2. The number of esters is 1. The predicted octanol–water partition coefficient (Wildman–Crippen LogP) is 4.43. The van der Waals surface area contributed by atoms with Gasteiger partial charge in [-0.15, -0.1) is 11.8 Å². The Bertz CT molecular complexity index is 1130. The van der Waals surface area contributed by atoms with E-state index >= 15 is 0 Å². The van der Waals surface area contributed by atoms with E-state index in [1.54, 1.807) is 44.2 Å². The number of carbonyl (C=O) groups is 3. The number of ether oxygens (including phenoxy) is 1. The van der Waals surface area contributed by atoms with Crippen molar-refractivity contribution >= 4 is 41.1 Å². The van der Waals surface area contributed by atoms with Gasteiger partial charge in [-0.25, -0.2) is 9.18 Å². The lowest BCUT2D eigenvalue weighted by Gasteiger charge is -2.16. The summed E-state index contributed by atoms with van der Waals surface area (Å²) in [6, 6.07) is 13.6. The van der Waals surface area contributed by atoms with Crippen molar-refractivity contribution in [3.63, 3.8) is 0 Å². The number of aromatic nitrogens is 1. The minimum Gasteiger partial charge on any atom is -0.449 e. The van der Waals surface area contributed by atoms with Gasteiger partial charge in [0, 0.05) is 16.6 Å². The Kier molecular flexibility index (Phi) is 8.20. The molecule has 1 heterocycles. The van der Waals surface area contributed by atoms with Crippen molar-refractivity contribution in [1.82, 2.24) is 5.16 Å². The van der Waals surface area contributed by atoms with Crippen molar-refractivity contribution in [2.24, 2.45) is 0 Å². The number of benzene rings is 2. The number of amides is 2. The number of nitrogens with zero attached hydrogens (tertiary/aromatic N) is 1. The van der Waals surface area contributed by atoms with Crippen LogP contribution in [0.5, 0.6) is 0 Å². The maximum Gasteiger partial charge on any atom is 0.340 e. The normalized spacial score (nSPS) is 11.5. The number of anilines is 2. The Balaban J connectivity index is 1.60. The molecule has 1 aromatic heterocycles. The Morgan fingerprint density at radius 1 is 1.12 bits per heavy atom. The molecule has 3 rings (SSSR count). The van der Waals surface area contributed by atoms with E-state index in [4.69, 9.17) is 9.26 Å². The smallest absolute Gasteiger partial charge is 0.340 e. The first-order valence-electron chi connectivity index (χ1n) is 10.1. The average Bonchev–Trinajstić information content (AvgIpc) is 3.21. The van der Waals surface area contributed by atoms with Gasteiger partial charge in [-0.3, -0.25) is 9.59 Å². The molecule has 0 aliphatic rings. The molecule has 2 aromatic carbocycles. The number of nitrogens with one attached hydrogen (secondary N) is 2. The summed E-state index contributed by atoms with van der Waals surface area (Å²) in [6.45, 7) is 3.40. The topological polar surface area (TPSA) is 111 Å². The van der Waals surface area contributed by atoms with Crippen molar-refractivity contribution in [2.75, 3.05) is 16.4 Å². The monoisotopic (exact) mass is 471 g/mol. The van der Waals surface area contributed by atoms with Crippen LogP contribution in [0.1, 0.15) is 29.5 Å². The quantitative estimate of drug-likeness (QED) is 0.351. The molecule has 1 unspecified atom stereocenters. The molecule has 0 aliphatic heterocycles. The fraction of sp³-hybridized carbons (Fsp3) is 0.217. The summed E-state index contributed by atoms with van der Waals surface area (Å²) in [5.41, 5.74) is 0.703. The first-order valence-corrected chi connectivity index (χ1v) is 11.1. The van der Waals surface area contributed by atoms with Crippen molar-refractivity contribution < 1.29 is 28.0 Å². The van der Waals surface area contributed by atoms with Gasteiger partial charge in [-0.05, 0) is 49.7 Å². The highest BCUT2D eigenvalue weighted by molar-refractivity contribution is 8.00. The van der Waals surface area contributed by atoms with Crippen molar-refractivity contribution in [3.8, 4) is 0 Å². The van der Waals surface area contributed by atoms with E-state index in [-0.39, 0.29) is 29.5 Å². The second kappa shape index (κ2) is 11.3. The molecule has 33 heavy (non-hydrogen) atoms. The van der Waals surface area contributed by atoms with Crippen LogP contribution in [-0.4, -0.2) is 34.8 Å². The largest absolute Gasteiger partial charge is 0.449 e. The molecule has 0 aliphatic carbocycles. The van der Waals surface area contributed by atoms with Gasteiger partial charge in [-0.1, -0.05) is 24.2 Å². The molecule has 3 aromatic rings. The second-order valence-electron chi connectivity index (χ2n) is 6.95. The van der Waals surface area contributed by atoms with Crippen molar-refractivity contribution in [3.05, 3.63) is 71.7 Å². The van der Waals surface area contributed by atoms with Crippen molar-refractivity contribution in [1.29, 1.82) is 0 Å². The van der Waals surface area contributed by atoms with Gasteiger partial charge in [0.2, 0.25) is 5.91 Å². The maximum absolute atomic E-state index is 13.0. The molecule has 1 atom stereocenters. The van der Waals surface area contributed by atoms with Crippen LogP contribution in [-0.2, 0) is 14.3 Å². The standard InChI is InChI=1S/C23H22FN3O5S/c1-3-18(22(29)26-20-12-14(2)32-27-20)31-23(30)17-6-4-5-7-19(17)33-13-21(28)25-16-10-8-15(24)9-11-16/h4-12,18H,3,13H2,1-2H3,(H,25,28)(H,26,27,29). The summed E-state index contributed by atoms with van der Waals surface area (Å²) in [6.07, 6.45) is -0.779. The third-order valence-corrected chi connectivity index (χ3v) is 5.46. The number of hydrogen-bond donors (Lipinski definition) is 2. The van der Waals surface area contributed by atoms with Crippen LogP contribution in [0.2, 0.25) is 0 Å². The van der Waals surface area contributed by atoms with Crippen LogP contribution in [0, 0.1) is 12.7 Å². The van der Waals surface area contributed by atoms with Gasteiger partial charge in [-0.2, -0.15) is 0 Å². The van der Waals surface area contributed by atoms with E-state index < -0.39 is 23.8 Å². The summed E-state index contributed by atoms with van der Waals surface area (Å²) in [5, 5.41) is 8.90. The number of hydrogen-bond acceptors (Lipinski definition) is 7. The zero-order valence-corrected chi connectivity index (χ0v) is 18.8. The Morgan fingerprint density at radius 2 is 1.85 bits per heavy atom. The SMILES string of the molecule is CCC(OC(=O)c1ccccc1SCC(=O)Nc1ccc(F)cc1)C(=O)Nc1cc(C)on1. The number of thioether (sulfide) groups is 1. The molecule has 2 N–H and O–H groups in total. The molecule has 0 bridgehead atoms. The van der Waals surface area contributed by atoms with Gasteiger partial charge in [0.25, 0.3) is 5.91 Å². The van der Waals surface area contributed by atoms with Gasteiger partial charge < -0.3 is 19.9 Å². The summed E-state index contributed by atoms with van der Waals surface area (Å²) in [7, 11) is 0. The molecule has 0 radical (unpaired) electrons. The first-order chi connectivity index (χ1) is 15.9. The number of halogens is 1. The molecule has 172 valence electrons. The molecule has 2 amide bonds. The fourth-order valence-corrected chi connectivity index (χ4v) is 3.62. The lowest BCUT2D eigenvalue weighted by atomic mass is 10.2. The van der Waals surface area contributed by atoms with E-state index in [0.717, 1.165) is 11.8 Å². The lowest BCUT2D eigenvalue weighted by Crippen LogP contribution is -2.32. The molecular formula is C23H22FN3O5S. The van der Waals surface area contributed by atoms with Gasteiger partial charge in [0.1, 0.15) is 11.6 Å². The molecule has 10 heteroatoms. The second-order valence-corrected chi connectivity index (χ2v) is 7.97. The van der Waals surface area contributed by atoms with Crippen LogP contribution >= 0.6 is 11.8 Å². The minimum atomic E-state index is -1.03. The minimum absolute atomic E-state index is 0.0187. The third-order valence-electron chi connectivity index (χ3n) is 4.39. The van der Waals surface area contributed by atoms with E-state index in [2.05, 4.69) is 15.8 Å². The van der Waals surface area contributed by atoms with Crippen LogP contribution in [0.15, 0.2) is 64.0 Å². The lowest BCUT2D eigenvalue weighted by molar-refractivity contribution is -0.124. The number of rotatable bonds is 9. The summed E-state index contributed by atoms with van der Waals surface area (Å²) < 4.78 is 23.3. The molecule has 0 saturated carbocycles. The summed E-state index contributed by atoms with van der Waals surface area (Å²) >= 11 is 1.14. The van der Waals surface area contributed by atoms with Crippen LogP contribution in [0.25, 0.3) is 0 Å². The molecule has 0 spiro atoms. The Morgan fingerprint density at radius 3 is 2.52 bits per heavy atom. The molecule has 0 saturated heterocycles. The highest BCUT2D eigenvalue weighted by Gasteiger charge is 2.24. The van der Waals surface area contributed by atoms with Crippen LogP contribution in [0.3, 0.4) is 0 Å². The Labute approximate surface area is 193 Å². The molecule has 8 nitrogen and oxygen atoms in total. The zero-order chi connectivity index (χ0) is 23.8. The number of aryl methyl sites for hydroxylation is 1. The predicted molar refractivity (Wildman–Crippen MR) is 122 cm³/mol. The molecule has 0 fully saturated rings. The van der Waals surface area contributed by atoms with Gasteiger partial charge in [0.15, 0.2) is 11.9 Å². The summed E-state index contributed by atoms with van der Waals surface area (Å²) in [4.78, 5) is 38.0. The van der Waals surface area contributed by atoms with Crippen LogP contribution < -0.4 is 10.6 Å². The first kappa shape index (κ1) is 24.0. The maximum atomic E-state index is 13.0. The highest BCUT2D eigenvalue weighted by Crippen LogP contribution is 2.24. The molecular weight excluding hydrogens is 449 g/mol. The van der Waals surface area contributed by atoms with E-state index in [0.29, 0.717) is 16.3 Å². The summed E-state index contributed by atoms with van der Waals surface area (Å²) in [5.74, 6) is -1.14. The van der Waals surface area contributed by atoms with E-state index in [9.17, 15) is 18.8 Å².